The molecular formula is C25H29N3O5S. The van der Waals surface area contributed by atoms with Gasteiger partial charge in [-0.05, 0) is 54.5 Å². The molecule has 0 saturated heterocycles. The van der Waals surface area contributed by atoms with Crippen LogP contribution in [-0.2, 0) is 25.5 Å². The normalized spacial score (nSPS) is 15.6. The zero-order valence-corrected chi connectivity index (χ0v) is 20.5. The molecule has 34 heavy (non-hydrogen) atoms. The standard InChI is InChI=1S/C25H29N3O5S/c1-16-22(24(30)33-13-12-31-3)23(27-25(34)28(16)2)18-6-5-7-19(15-18)26-21(29)14-17-8-10-20(32-4)11-9-17/h5-11,15,23H,12-14H2,1-4H3,(H,26,29)(H,27,34)/t23-/m1/s1. The average Bonchev–Trinajstić information content (AvgIpc) is 2.83. The maximum atomic E-state index is 12.9. The molecule has 0 bridgehead atoms. The highest BCUT2D eigenvalue weighted by Crippen LogP contribution is 2.32. The summed E-state index contributed by atoms with van der Waals surface area (Å²) in [6, 6.07) is 14.2. The lowest BCUT2D eigenvalue weighted by Crippen LogP contribution is -2.46. The molecule has 2 N–H and O–H groups in total. The summed E-state index contributed by atoms with van der Waals surface area (Å²) in [6.07, 6.45) is 0.223. The number of benzene rings is 2. The molecule has 0 aromatic heterocycles. The van der Waals surface area contributed by atoms with Crippen molar-refractivity contribution in [3.05, 3.63) is 70.9 Å². The van der Waals surface area contributed by atoms with E-state index in [4.69, 9.17) is 26.4 Å². The second-order valence-corrected chi connectivity index (χ2v) is 8.15. The monoisotopic (exact) mass is 483 g/mol. The van der Waals surface area contributed by atoms with Crippen molar-refractivity contribution < 1.29 is 23.8 Å². The van der Waals surface area contributed by atoms with Crippen LogP contribution in [0.25, 0.3) is 0 Å². The van der Waals surface area contributed by atoms with Gasteiger partial charge in [0.05, 0.1) is 31.8 Å². The minimum absolute atomic E-state index is 0.147. The zero-order chi connectivity index (χ0) is 24.7. The van der Waals surface area contributed by atoms with Crippen molar-refractivity contribution in [3.8, 4) is 5.75 Å². The van der Waals surface area contributed by atoms with Gasteiger partial charge in [-0.2, -0.15) is 0 Å². The van der Waals surface area contributed by atoms with Crippen LogP contribution in [0.3, 0.4) is 0 Å². The number of anilines is 1. The molecule has 0 radical (unpaired) electrons. The van der Waals surface area contributed by atoms with Gasteiger partial charge in [-0.1, -0.05) is 24.3 Å². The van der Waals surface area contributed by atoms with Crippen LogP contribution in [0.15, 0.2) is 59.8 Å². The van der Waals surface area contributed by atoms with Crippen LogP contribution in [0.4, 0.5) is 5.69 Å². The number of carbonyl (C=O) groups excluding carboxylic acids is 2. The second kappa shape index (κ2) is 11.6. The predicted molar refractivity (Wildman–Crippen MR) is 134 cm³/mol. The fourth-order valence-corrected chi connectivity index (χ4v) is 3.83. The predicted octanol–water partition coefficient (Wildman–Crippen LogP) is 3.20. The quantitative estimate of drug-likeness (QED) is 0.319. The van der Waals surface area contributed by atoms with Crippen molar-refractivity contribution in [1.82, 2.24) is 10.2 Å². The number of amides is 1. The highest BCUT2D eigenvalue weighted by molar-refractivity contribution is 7.80. The van der Waals surface area contributed by atoms with Crippen molar-refractivity contribution in [3.63, 3.8) is 0 Å². The van der Waals surface area contributed by atoms with Gasteiger partial charge in [-0.25, -0.2) is 4.79 Å². The molecule has 180 valence electrons. The molecule has 3 rings (SSSR count). The summed E-state index contributed by atoms with van der Waals surface area (Å²) in [5, 5.41) is 6.62. The Morgan fingerprint density at radius 3 is 2.53 bits per heavy atom. The molecule has 8 nitrogen and oxygen atoms in total. The van der Waals surface area contributed by atoms with Crippen LogP contribution in [0.1, 0.15) is 24.1 Å². The summed E-state index contributed by atoms with van der Waals surface area (Å²) in [5.41, 5.74) is 3.42. The SMILES string of the molecule is COCCOC(=O)C1=C(C)N(C)C(=S)N[C@@H]1c1cccc(NC(=O)Cc2ccc(OC)cc2)c1. The summed E-state index contributed by atoms with van der Waals surface area (Å²) < 4.78 is 15.5. The lowest BCUT2D eigenvalue weighted by atomic mass is 9.95. The first-order chi connectivity index (χ1) is 16.3. The number of esters is 1. The number of allylic oxidation sites excluding steroid dienone is 1. The Morgan fingerprint density at radius 1 is 1.12 bits per heavy atom. The number of nitrogens with zero attached hydrogens (tertiary/aromatic N) is 1. The van der Waals surface area contributed by atoms with Gasteiger partial charge in [0, 0.05) is 25.5 Å². The Balaban J connectivity index is 1.79. The fraction of sp³-hybridized carbons (Fsp3) is 0.320. The third-order valence-electron chi connectivity index (χ3n) is 5.52. The minimum Gasteiger partial charge on any atom is -0.497 e. The van der Waals surface area contributed by atoms with E-state index in [0.29, 0.717) is 28.7 Å². The molecule has 1 amide bonds. The maximum absolute atomic E-state index is 12.9. The smallest absolute Gasteiger partial charge is 0.338 e. The van der Waals surface area contributed by atoms with Gasteiger partial charge in [0.25, 0.3) is 0 Å². The van der Waals surface area contributed by atoms with Crippen molar-refractivity contribution in [1.29, 1.82) is 0 Å². The molecule has 0 unspecified atom stereocenters. The summed E-state index contributed by atoms with van der Waals surface area (Å²) in [4.78, 5) is 27.3. The minimum atomic E-state index is -0.516. The topological polar surface area (TPSA) is 89.1 Å². The molecule has 1 heterocycles. The molecule has 0 fully saturated rings. The number of carbonyl (C=O) groups is 2. The molecule has 2 aromatic carbocycles. The number of nitrogens with one attached hydrogen (secondary N) is 2. The summed E-state index contributed by atoms with van der Waals surface area (Å²) in [6.45, 7) is 2.28. The Labute approximate surface area is 204 Å². The van der Waals surface area contributed by atoms with Crippen LogP contribution in [0.5, 0.6) is 5.75 Å². The van der Waals surface area contributed by atoms with Crippen LogP contribution < -0.4 is 15.4 Å². The number of hydrogen-bond donors (Lipinski definition) is 2. The van der Waals surface area contributed by atoms with Gasteiger partial charge in [-0.15, -0.1) is 0 Å². The molecule has 1 aliphatic heterocycles. The van der Waals surface area contributed by atoms with Crippen LogP contribution in [0, 0.1) is 0 Å². The molecular weight excluding hydrogens is 454 g/mol. The highest BCUT2D eigenvalue weighted by Gasteiger charge is 2.33. The van der Waals surface area contributed by atoms with E-state index < -0.39 is 12.0 Å². The largest absolute Gasteiger partial charge is 0.497 e. The Kier molecular flexibility index (Phi) is 8.61. The summed E-state index contributed by atoms with van der Waals surface area (Å²) in [5.74, 6) is 0.135. The Bertz CT molecular complexity index is 1080. The van der Waals surface area contributed by atoms with Gasteiger partial charge in [-0.3, -0.25) is 4.79 Å². The van der Waals surface area contributed by atoms with E-state index in [2.05, 4.69) is 10.6 Å². The van der Waals surface area contributed by atoms with Gasteiger partial charge < -0.3 is 29.7 Å². The molecule has 0 spiro atoms. The van der Waals surface area contributed by atoms with E-state index in [1.165, 1.54) is 0 Å². The lowest BCUT2D eigenvalue weighted by Gasteiger charge is -2.35. The summed E-state index contributed by atoms with van der Waals surface area (Å²) in [7, 11) is 4.94. The van der Waals surface area contributed by atoms with Crippen LogP contribution >= 0.6 is 12.2 Å². The third-order valence-corrected chi connectivity index (χ3v) is 5.91. The van der Waals surface area contributed by atoms with Crippen LogP contribution in [0.2, 0.25) is 0 Å². The van der Waals surface area contributed by atoms with E-state index in [1.54, 1.807) is 32.2 Å². The van der Waals surface area contributed by atoms with E-state index in [9.17, 15) is 9.59 Å². The first kappa shape index (κ1) is 25.2. The van der Waals surface area contributed by atoms with Crippen molar-refractivity contribution in [2.24, 2.45) is 0 Å². The van der Waals surface area contributed by atoms with Gasteiger partial charge in [0.15, 0.2) is 5.11 Å². The third kappa shape index (κ3) is 6.12. The van der Waals surface area contributed by atoms with Gasteiger partial charge in [0.1, 0.15) is 12.4 Å². The van der Waals surface area contributed by atoms with Gasteiger partial charge >= 0.3 is 5.97 Å². The van der Waals surface area contributed by atoms with Crippen LogP contribution in [-0.4, -0.2) is 56.4 Å². The van der Waals surface area contributed by atoms with Crippen molar-refractivity contribution >= 4 is 34.9 Å². The lowest BCUT2D eigenvalue weighted by molar-refractivity contribution is -0.140. The van der Waals surface area contributed by atoms with E-state index in [1.807, 2.05) is 49.4 Å². The van der Waals surface area contributed by atoms with Crippen molar-refractivity contribution in [2.75, 3.05) is 39.8 Å². The maximum Gasteiger partial charge on any atom is 0.338 e. The Morgan fingerprint density at radius 2 is 1.85 bits per heavy atom. The molecule has 2 aromatic rings. The van der Waals surface area contributed by atoms with Gasteiger partial charge in [0.2, 0.25) is 5.91 Å². The highest BCUT2D eigenvalue weighted by atomic mass is 32.1. The van der Waals surface area contributed by atoms with Crippen molar-refractivity contribution in [2.45, 2.75) is 19.4 Å². The summed E-state index contributed by atoms with van der Waals surface area (Å²) >= 11 is 5.45. The zero-order valence-electron chi connectivity index (χ0n) is 19.7. The molecule has 0 saturated carbocycles. The number of thiocarbonyl (C=S) groups is 1. The van der Waals surface area contributed by atoms with E-state index in [-0.39, 0.29) is 18.9 Å². The number of ether oxygens (including phenoxy) is 3. The Hall–Kier alpha value is -3.43. The number of rotatable bonds is 9. The van der Waals surface area contributed by atoms with E-state index in [0.717, 1.165) is 16.9 Å². The number of methoxy groups -OCH3 is 2. The molecule has 0 aliphatic carbocycles. The second-order valence-electron chi connectivity index (χ2n) is 7.77. The molecule has 1 atom stereocenters. The van der Waals surface area contributed by atoms with E-state index >= 15 is 0 Å². The molecule has 1 aliphatic rings. The first-order valence-electron chi connectivity index (χ1n) is 10.8. The fourth-order valence-electron chi connectivity index (χ4n) is 3.58. The molecule has 9 heteroatoms. The first-order valence-corrected chi connectivity index (χ1v) is 11.2. The average molecular weight is 484 g/mol. The number of hydrogen-bond acceptors (Lipinski definition) is 6.